The van der Waals surface area contributed by atoms with Crippen molar-refractivity contribution in [3.05, 3.63) is 57.8 Å². The molecular weight excluding hydrogens is 280 g/mol. The second kappa shape index (κ2) is 4.96. The molecule has 0 saturated carbocycles. The minimum atomic E-state index is -0.627. The third-order valence-corrected chi connectivity index (χ3v) is 4.16. The van der Waals surface area contributed by atoms with Gasteiger partial charge in [0.1, 0.15) is 0 Å². The topological polar surface area (TPSA) is 37.5 Å². The molecule has 0 amide bonds. The van der Waals surface area contributed by atoms with E-state index in [0.717, 1.165) is 21.8 Å². The van der Waals surface area contributed by atoms with Gasteiger partial charge in [-0.2, -0.15) is 0 Å². The summed E-state index contributed by atoms with van der Waals surface area (Å²) < 4.78 is 1.96. The van der Waals surface area contributed by atoms with Crippen LogP contribution in [0.1, 0.15) is 22.9 Å². The zero-order valence-corrected chi connectivity index (χ0v) is 11.9. The van der Waals surface area contributed by atoms with Crippen molar-refractivity contribution in [3.63, 3.8) is 0 Å². The Kier molecular flexibility index (Phi) is 3.31. The summed E-state index contributed by atoms with van der Waals surface area (Å²) >= 11 is 7.74. The highest BCUT2D eigenvalue weighted by Gasteiger charge is 2.14. The molecule has 19 heavy (non-hydrogen) atoms. The van der Waals surface area contributed by atoms with Crippen LogP contribution in [0.5, 0.6) is 0 Å². The molecule has 2 aromatic heterocycles. The van der Waals surface area contributed by atoms with Crippen LogP contribution in [-0.2, 0) is 6.42 Å². The number of aromatic nitrogens is 2. The quantitative estimate of drug-likeness (QED) is 0.800. The first kappa shape index (κ1) is 12.7. The van der Waals surface area contributed by atoms with Crippen molar-refractivity contribution in [1.82, 2.24) is 9.38 Å². The summed E-state index contributed by atoms with van der Waals surface area (Å²) in [4.78, 5) is 5.41. The van der Waals surface area contributed by atoms with Gasteiger partial charge in [0.05, 0.1) is 11.8 Å². The normalized spacial score (nSPS) is 13.0. The van der Waals surface area contributed by atoms with E-state index in [1.165, 1.54) is 0 Å². The molecule has 3 rings (SSSR count). The number of aliphatic hydroxyl groups excluding tert-OH is 1. The number of aliphatic hydroxyl groups is 1. The Labute approximate surface area is 120 Å². The summed E-state index contributed by atoms with van der Waals surface area (Å²) in [5, 5.41) is 12.9. The van der Waals surface area contributed by atoms with Gasteiger partial charge in [0.15, 0.2) is 4.96 Å². The standard InChI is InChI=1S/C14H13ClN2OS/c1-9-2-3-11(12(15)6-9)13(18)7-10-8-17-4-5-19-14(17)16-10/h2-6,8,13,18H,7H2,1H3. The van der Waals surface area contributed by atoms with Gasteiger partial charge in [-0.3, -0.25) is 4.40 Å². The number of imidazole rings is 1. The molecule has 98 valence electrons. The molecule has 0 aliphatic rings. The third-order valence-electron chi connectivity index (χ3n) is 3.06. The molecule has 0 fully saturated rings. The zero-order valence-electron chi connectivity index (χ0n) is 10.4. The maximum atomic E-state index is 10.3. The first-order chi connectivity index (χ1) is 9.13. The fourth-order valence-corrected chi connectivity index (χ4v) is 3.16. The Morgan fingerprint density at radius 1 is 1.47 bits per heavy atom. The summed E-state index contributed by atoms with van der Waals surface area (Å²) in [6.45, 7) is 1.98. The highest BCUT2D eigenvalue weighted by molar-refractivity contribution is 7.15. The van der Waals surface area contributed by atoms with Gasteiger partial charge in [-0.15, -0.1) is 11.3 Å². The molecule has 3 nitrogen and oxygen atoms in total. The number of benzene rings is 1. The Balaban J connectivity index is 1.84. The van der Waals surface area contributed by atoms with Crippen molar-refractivity contribution in [3.8, 4) is 0 Å². The number of thiazole rings is 1. The minimum absolute atomic E-state index is 0.469. The van der Waals surface area contributed by atoms with Gasteiger partial charge in [0.25, 0.3) is 0 Å². The van der Waals surface area contributed by atoms with Crippen LogP contribution in [0.2, 0.25) is 5.02 Å². The Hall–Kier alpha value is -1.36. The molecule has 0 radical (unpaired) electrons. The maximum Gasteiger partial charge on any atom is 0.193 e. The number of halogens is 1. The van der Waals surface area contributed by atoms with Crippen LogP contribution in [0.3, 0.4) is 0 Å². The van der Waals surface area contributed by atoms with Crippen LogP contribution in [0.4, 0.5) is 0 Å². The fourth-order valence-electron chi connectivity index (χ4n) is 2.08. The second-order valence-corrected chi connectivity index (χ2v) is 5.85. The van der Waals surface area contributed by atoms with E-state index in [-0.39, 0.29) is 0 Å². The monoisotopic (exact) mass is 292 g/mol. The molecule has 1 aromatic carbocycles. The maximum absolute atomic E-state index is 10.3. The van der Waals surface area contributed by atoms with E-state index in [4.69, 9.17) is 11.6 Å². The average molecular weight is 293 g/mol. The van der Waals surface area contributed by atoms with Crippen molar-refractivity contribution >= 4 is 27.9 Å². The first-order valence-corrected chi connectivity index (χ1v) is 7.24. The predicted octanol–water partition coefficient (Wildman–Crippen LogP) is 3.63. The number of hydrogen-bond acceptors (Lipinski definition) is 3. The van der Waals surface area contributed by atoms with E-state index < -0.39 is 6.10 Å². The SMILES string of the molecule is Cc1ccc(C(O)Cc2cn3ccsc3n2)c(Cl)c1. The van der Waals surface area contributed by atoms with Crippen molar-refractivity contribution in [2.45, 2.75) is 19.4 Å². The van der Waals surface area contributed by atoms with E-state index >= 15 is 0 Å². The van der Waals surface area contributed by atoms with E-state index in [1.54, 1.807) is 11.3 Å². The lowest BCUT2D eigenvalue weighted by atomic mass is 10.0. The largest absolute Gasteiger partial charge is 0.388 e. The molecule has 5 heteroatoms. The smallest absolute Gasteiger partial charge is 0.193 e. The second-order valence-electron chi connectivity index (χ2n) is 4.57. The van der Waals surface area contributed by atoms with Gasteiger partial charge in [0.2, 0.25) is 0 Å². The number of rotatable bonds is 3. The lowest BCUT2D eigenvalue weighted by Crippen LogP contribution is -2.03. The molecule has 2 heterocycles. The van der Waals surface area contributed by atoms with Crippen LogP contribution in [0.15, 0.2) is 36.0 Å². The number of aryl methyl sites for hydroxylation is 1. The van der Waals surface area contributed by atoms with Crippen molar-refractivity contribution < 1.29 is 5.11 Å². The number of fused-ring (bicyclic) bond motifs is 1. The van der Waals surface area contributed by atoms with Crippen molar-refractivity contribution in [2.75, 3.05) is 0 Å². The molecule has 0 aliphatic carbocycles. The fraction of sp³-hybridized carbons (Fsp3) is 0.214. The molecule has 0 bridgehead atoms. The first-order valence-electron chi connectivity index (χ1n) is 5.98. The Bertz CT molecular complexity index is 691. The number of nitrogens with zero attached hydrogens (tertiary/aromatic N) is 2. The summed E-state index contributed by atoms with van der Waals surface area (Å²) in [5.41, 5.74) is 2.71. The van der Waals surface area contributed by atoms with Crippen LogP contribution in [-0.4, -0.2) is 14.5 Å². The van der Waals surface area contributed by atoms with Gasteiger partial charge in [-0.05, 0) is 24.1 Å². The minimum Gasteiger partial charge on any atom is -0.388 e. The van der Waals surface area contributed by atoms with Crippen molar-refractivity contribution in [2.24, 2.45) is 0 Å². The predicted molar refractivity (Wildman–Crippen MR) is 77.9 cm³/mol. The van der Waals surface area contributed by atoms with Crippen LogP contribution in [0, 0.1) is 6.92 Å². The molecule has 3 aromatic rings. The van der Waals surface area contributed by atoms with E-state index in [9.17, 15) is 5.11 Å². The zero-order chi connectivity index (χ0) is 13.4. The average Bonchev–Trinajstić information content (AvgIpc) is 2.89. The third kappa shape index (κ3) is 2.52. The summed E-state index contributed by atoms with van der Waals surface area (Å²) in [5.74, 6) is 0. The highest BCUT2D eigenvalue weighted by atomic mass is 35.5. The summed E-state index contributed by atoms with van der Waals surface area (Å²) in [7, 11) is 0. The van der Waals surface area contributed by atoms with Gasteiger partial charge in [0, 0.05) is 29.2 Å². The molecule has 1 N–H and O–H groups in total. The molecule has 0 aliphatic heterocycles. The van der Waals surface area contributed by atoms with E-state index in [0.29, 0.717) is 11.4 Å². The van der Waals surface area contributed by atoms with Gasteiger partial charge < -0.3 is 5.11 Å². The Morgan fingerprint density at radius 2 is 2.32 bits per heavy atom. The summed E-state index contributed by atoms with van der Waals surface area (Å²) in [6, 6.07) is 5.70. The molecular formula is C14H13ClN2OS. The van der Waals surface area contributed by atoms with E-state index in [2.05, 4.69) is 4.98 Å². The molecule has 0 spiro atoms. The Morgan fingerprint density at radius 3 is 3.05 bits per heavy atom. The van der Waals surface area contributed by atoms with Gasteiger partial charge in [-0.25, -0.2) is 4.98 Å². The lowest BCUT2D eigenvalue weighted by molar-refractivity contribution is 0.177. The summed E-state index contributed by atoms with van der Waals surface area (Å²) in [6.07, 6.45) is 3.74. The highest BCUT2D eigenvalue weighted by Crippen LogP contribution is 2.26. The van der Waals surface area contributed by atoms with Gasteiger partial charge in [-0.1, -0.05) is 23.7 Å². The molecule has 0 saturated heterocycles. The van der Waals surface area contributed by atoms with Crippen LogP contribution >= 0.6 is 22.9 Å². The van der Waals surface area contributed by atoms with Crippen LogP contribution < -0.4 is 0 Å². The number of hydrogen-bond donors (Lipinski definition) is 1. The lowest BCUT2D eigenvalue weighted by Gasteiger charge is -2.11. The molecule has 1 unspecified atom stereocenters. The van der Waals surface area contributed by atoms with Crippen LogP contribution in [0.25, 0.3) is 4.96 Å². The molecule has 1 atom stereocenters. The van der Waals surface area contributed by atoms with Gasteiger partial charge >= 0.3 is 0 Å². The van der Waals surface area contributed by atoms with Crippen molar-refractivity contribution in [1.29, 1.82) is 0 Å². The van der Waals surface area contributed by atoms with E-state index in [1.807, 2.05) is 47.3 Å².